The van der Waals surface area contributed by atoms with Crippen molar-refractivity contribution < 1.29 is 37.7 Å². The van der Waals surface area contributed by atoms with E-state index in [1.54, 1.807) is 6.07 Å². The van der Waals surface area contributed by atoms with Crippen LogP contribution in [0.3, 0.4) is 0 Å². The lowest BCUT2D eigenvalue weighted by Crippen LogP contribution is -2.47. The van der Waals surface area contributed by atoms with Crippen LogP contribution in [0.4, 0.5) is 13.2 Å². The molecular weight excluding hydrogens is 415 g/mol. The summed E-state index contributed by atoms with van der Waals surface area (Å²) in [4.78, 5) is 23.3. The van der Waals surface area contributed by atoms with Gasteiger partial charge in [0.1, 0.15) is 12.4 Å². The van der Waals surface area contributed by atoms with Crippen LogP contribution < -0.4 is 10.1 Å². The number of rotatable bonds is 7. The van der Waals surface area contributed by atoms with Crippen LogP contribution >= 0.6 is 11.6 Å². The number of aliphatic hydroxyl groups excluding tert-OH is 1. The monoisotopic (exact) mass is 431 g/mol. The lowest BCUT2D eigenvalue weighted by Gasteiger charge is -2.17. The Morgan fingerprint density at radius 2 is 1.90 bits per heavy atom. The van der Waals surface area contributed by atoms with E-state index in [0.717, 1.165) is 18.2 Å². The number of carbonyl (C=O) groups excluding carboxylic acids is 1. The quantitative estimate of drug-likeness (QED) is 0.623. The van der Waals surface area contributed by atoms with Gasteiger partial charge < -0.3 is 20.3 Å². The van der Waals surface area contributed by atoms with Crippen LogP contribution in [0.2, 0.25) is 5.02 Å². The molecule has 2 aromatic carbocycles. The van der Waals surface area contributed by atoms with E-state index < -0.39 is 35.8 Å². The fourth-order valence-electron chi connectivity index (χ4n) is 2.37. The molecule has 6 nitrogen and oxygen atoms in total. The average Bonchev–Trinajstić information content (AvgIpc) is 2.63. The molecule has 0 spiro atoms. The minimum absolute atomic E-state index is 0.0366. The molecule has 0 bridgehead atoms. The van der Waals surface area contributed by atoms with Gasteiger partial charge in [-0.3, -0.25) is 4.79 Å². The third-order valence-corrected chi connectivity index (χ3v) is 4.17. The van der Waals surface area contributed by atoms with Crippen LogP contribution in [0.1, 0.15) is 28.4 Å². The highest BCUT2D eigenvalue weighted by molar-refractivity contribution is 6.32. The maximum Gasteiger partial charge on any atom is 0.416 e. The summed E-state index contributed by atoms with van der Waals surface area (Å²) in [7, 11) is 0. The minimum Gasteiger partial charge on any atom is -0.487 e. The molecule has 0 radical (unpaired) electrons. The molecule has 0 aliphatic rings. The fraction of sp³-hybridized carbons (Fsp3) is 0.263. The Bertz CT molecular complexity index is 902. The number of aliphatic carboxylic acids is 1. The van der Waals surface area contributed by atoms with E-state index in [4.69, 9.17) is 21.4 Å². The number of hydrogen-bond donors (Lipinski definition) is 3. The molecule has 2 rings (SSSR count). The number of hydrogen-bond acceptors (Lipinski definition) is 4. The second-order valence-electron chi connectivity index (χ2n) is 6.16. The molecule has 2 atom stereocenters. The molecule has 0 heterocycles. The Balaban J connectivity index is 2.09. The molecular formula is C19H17ClF3NO5. The average molecular weight is 432 g/mol. The Kier molecular flexibility index (Phi) is 7.10. The van der Waals surface area contributed by atoms with Gasteiger partial charge in [0.05, 0.1) is 16.7 Å². The first-order valence-corrected chi connectivity index (χ1v) is 8.67. The number of carboxylic acid groups (broad SMARTS) is 1. The summed E-state index contributed by atoms with van der Waals surface area (Å²) in [6, 6.07) is 7.21. The zero-order valence-electron chi connectivity index (χ0n) is 15.0. The molecule has 0 saturated carbocycles. The highest BCUT2D eigenvalue weighted by Crippen LogP contribution is 2.34. The van der Waals surface area contributed by atoms with Crippen molar-refractivity contribution in [2.75, 3.05) is 0 Å². The highest BCUT2D eigenvalue weighted by Gasteiger charge is 2.31. The number of alkyl halides is 3. The van der Waals surface area contributed by atoms with Gasteiger partial charge in [-0.2, -0.15) is 13.2 Å². The molecule has 2 aromatic rings. The Morgan fingerprint density at radius 1 is 1.21 bits per heavy atom. The van der Waals surface area contributed by atoms with Gasteiger partial charge in [-0.25, -0.2) is 4.79 Å². The van der Waals surface area contributed by atoms with E-state index >= 15 is 0 Å². The SMILES string of the molecule is C[C@@H](O)[C@H](NC(=O)c1cccc(COc2ccc(C(F)(F)F)cc2Cl)c1)C(=O)O. The summed E-state index contributed by atoms with van der Waals surface area (Å²) < 4.78 is 43.4. The van der Waals surface area contributed by atoms with E-state index in [-0.39, 0.29) is 22.9 Å². The second kappa shape index (κ2) is 9.15. The number of halogens is 4. The molecule has 29 heavy (non-hydrogen) atoms. The Hall–Kier alpha value is -2.78. The highest BCUT2D eigenvalue weighted by atomic mass is 35.5. The van der Waals surface area contributed by atoms with Crippen LogP contribution in [-0.4, -0.2) is 34.2 Å². The van der Waals surface area contributed by atoms with Crippen molar-refractivity contribution >= 4 is 23.5 Å². The summed E-state index contributed by atoms with van der Waals surface area (Å²) >= 11 is 5.83. The fourth-order valence-corrected chi connectivity index (χ4v) is 2.61. The molecule has 0 fully saturated rings. The number of carboxylic acids is 1. The van der Waals surface area contributed by atoms with Gasteiger partial charge in [0.2, 0.25) is 0 Å². The summed E-state index contributed by atoms with van der Waals surface area (Å²) in [6.45, 7) is 1.14. The van der Waals surface area contributed by atoms with Gasteiger partial charge >= 0.3 is 12.1 Å². The molecule has 0 unspecified atom stereocenters. The van der Waals surface area contributed by atoms with E-state index in [1.807, 2.05) is 0 Å². The van der Waals surface area contributed by atoms with E-state index in [2.05, 4.69) is 5.32 Å². The Labute approximate surface area is 168 Å². The van der Waals surface area contributed by atoms with Crippen molar-refractivity contribution in [3.63, 3.8) is 0 Å². The van der Waals surface area contributed by atoms with Gasteiger partial charge in [-0.15, -0.1) is 0 Å². The number of amides is 1. The molecule has 156 valence electrons. The molecule has 0 aliphatic carbocycles. The second-order valence-corrected chi connectivity index (χ2v) is 6.57. The zero-order valence-corrected chi connectivity index (χ0v) is 15.8. The predicted molar refractivity (Wildman–Crippen MR) is 97.8 cm³/mol. The molecule has 0 aliphatic heterocycles. The number of benzene rings is 2. The van der Waals surface area contributed by atoms with Gasteiger partial charge in [0, 0.05) is 5.56 Å². The maximum absolute atomic E-state index is 12.7. The van der Waals surface area contributed by atoms with Crippen molar-refractivity contribution in [3.8, 4) is 5.75 Å². The van der Waals surface area contributed by atoms with Gasteiger partial charge in [0.15, 0.2) is 6.04 Å². The van der Waals surface area contributed by atoms with Crippen LogP contribution in [0.25, 0.3) is 0 Å². The first-order chi connectivity index (χ1) is 13.5. The maximum atomic E-state index is 12.7. The normalized spacial score (nSPS) is 13.4. The lowest BCUT2D eigenvalue weighted by atomic mass is 10.1. The lowest BCUT2D eigenvalue weighted by molar-refractivity contribution is -0.142. The van der Waals surface area contributed by atoms with Crippen LogP contribution in [-0.2, 0) is 17.6 Å². The predicted octanol–water partition coefficient (Wildman–Crippen LogP) is 3.50. The van der Waals surface area contributed by atoms with Crippen molar-refractivity contribution in [1.29, 1.82) is 0 Å². The van der Waals surface area contributed by atoms with Crippen molar-refractivity contribution in [3.05, 3.63) is 64.2 Å². The Morgan fingerprint density at radius 3 is 2.45 bits per heavy atom. The standard InChI is InChI=1S/C19H17ClF3NO5/c1-10(25)16(18(27)28)24-17(26)12-4-2-3-11(7-12)9-29-15-6-5-13(8-14(15)20)19(21,22)23/h2-8,10,16,25H,9H2,1H3,(H,24,26)(H,27,28)/t10-,16+/m1/s1. The first kappa shape index (κ1) is 22.5. The number of ether oxygens (including phenoxy) is 1. The van der Waals surface area contributed by atoms with E-state index in [1.165, 1.54) is 25.1 Å². The summed E-state index contributed by atoms with van der Waals surface area (Å²) in [5, 5.41) is 20.5. The van der Waals surface area contributed by atoms with Crippen LogP contribution in [0, 0.1) is 0 Å². The molecule has 1 amide bonds. The number of carbonyl (C=O) groups is 2. The number of nitrogens with one attached hydrogen (secondary N) is 1. The molecule has 0 aromatic heterocycles. The van der Waals surface area contributed by atoms with Crippen molar-refractivity contribution in [2.24, 2.45) is 0 Å². The third-order valence-electron chi connectivity index (χ3n) is 3.88. The molecule has 0 saturated heterocycles. The summed E-state index contributed by atoms with van der Waals surface area (Å²) in [5.41, 5.74) is -0.284. The molecule has 3 N–H and O–H groups in total. The molecule has 10 heteroatoms. The van der Waals surface area contributed by atoms with Crippen molar-refractivity contribution in [1.82, 2.24) is 5.32 Å². The van der Waals surface area contributed by atoms with Crippen LogP contribution in [0.15, 0.2) is 42.5 Å². The summed E-state index contributed by atoms with van der Waals surface area (Å²) in [5.74, 6) is -2.06. The van der Waals surface area contributed by atoms with E-state index in [0.29, 0.717) is 5.56 Å². The zero-order chi connectivity index (χ0) is 21.8. The smallest absolute Gasteiger partial charge is 0.416 e. The van der Waals surface area contributed by atoms with E-state index in [9.17, 15) is 27.9 Å². The third kappa shape index (κ3) is 6.10. The first-order valence-electron chi connectivity index (χ1n) is 8.29. The van der Waals surface area contributed by atoms with Gasteiger partial charge in [-0.05, 0) is 42.8 Å². The van der Waals surface area contributed by atoms with Crippen LogP contribution in [0.5, 0.6) is 5.75 Å². The largest absolute Gasteiger partial charge is 0.487 e. The topological polar surface area (TPSA) is 95.9 Å². The van der Waals surface area contributed by atoms with Crippen molar-refractivity contribution in [2.45, 2.75) is 31.9 Å². The minimum atomic E-state index is -4.52. The van der Waals surface area contributed by atoms with Gasteiger partial charge in [-0.1, -0.05) is 23.7 Å². The van der Waals surface area contributed by atoms with Gasteiger partial charge in [0.25, 0.3) is 5.91 Å². The summed E-state index contributed by atoms with van der Waals surface area (Å²) in [6.07, 6.45) is -5.83. The number of aliphatic hydroxyl groups is 1.